The molecule has 1 atom stereocenters. The van der Waals surface area contributed by atoms with Gasteiger partial charge < -0.3 is 5.32 Å². The maximum atomic E-state index is 11.7. The first-order valence-corrected chi connectivity index (χ1v) is 6.75. The minimum Gasteiger partial charge on any atom is -0.343 e. The summed E-state index contributed by atoms with van der Waals surface area (Å²) in [4.78, 5) is 16.7. The molecule has 0 spiro atoms. The molecule has 1 amide bonds. The molecule has 0 aliphatic heterocycles. The minimum absolute atomic E-state index is 0.0494. The van der Waals surface area contributed by atoms with E-state index in [2.05, 4.69) is 10.3 Å². The number of nitrogens with zero attached hydrogens (tertiary/aromatic N) is 1. The zero-order chi connectivity index (χ0) is 11.5. The van der Waals surface area contributed by atoms with E-state index in [4.69, 9.17) is 11.6 Å². The normalized spacial score (nSPS) is 12.4. The summed E-state index contributed by atoms with van der Waals surface area (Å²) in [5.41, 5.74) is 2.10. The molecule has 6 heteroatoms. The molecule has 0 fully saturated rings. The van der Waals surface area contributed by atoms with Crippen molar-refractivity contribution in [3.05, 3.63) is 37.9 Å². The van der Waals surface area contributed by atoms with E-state index in [0.717, 1.165) is 9.21 Å². The van der Waals surface area contributed by atoms with Crippen LogP contribution >= 0.6 is 34.3 Å². The number of carbonyl (C=O) groups is 1. The summed E-state index contributed by atoms with van der Waals surface area (Å²) in [5.74, 6) is -0.154. The first-order chi connectivity index (χ1) is 7.66. The molecule has 0 aromatic carbocycles. The van der Waals surface area contributed by atoms with Gasteiger partial charge in [0.05, 0.1) is 15.9 Å². The second-order valence-electron chi connectivity index (χ2n) is 3.21. The Kier molecular flexibility index (Phi) is 3.58. The summed E-state index contributed by atoms with van der Waals surface area (Å²) in [6, 6.07) is 3.69. The molecule has 0 saturated heterocycles. The van der Waals surface area contributed by atoms with Crippen LogP contribution in [0.25, 0.3) is 0 Å². The zero-order valence-corrected chi connectivity index (χ0v) is 10.8. The average Bonchev–Trinajstić information content (AvgIpc) is 2.87. The van der Waals surface area contributed by atoms with Crippen LogP contribution in [0, 0.1) is 0 Å². The molecule has 0 aliphatic carbocycles. The van der Waals surface area contributed by atoms with Gasteiger partial charge in [-0.2, -0.15) is 0 Å². The van der Waals surface area contributed by atoms with Crippen LogP contribution in [0.3, 0.4) is 0 Å². The highest BCUT2D eigenvalue weighted by atomic mass is 35.5. The second kappa shape index (κ2) is 4.95. The predicted molar refractivity (Wildman–Crippen MR) is 67.3 cm³/mol. The largest absolute Gasteiger partial charge is 0.343 e. The van der Waals surface area contributed by atoms with Gasteiger partial charge in [-0.15, -0.1) is 22.7 Å². The average molecular weight is 273 g/mol. The number of carbonyl (C=O) groups excluding carboxylic acids is 1. The van der Waals surface area contributed by atoms with Crippen molar-refractivity contribution in [3.8, 4) is 0 Å². The van der Waals surface area contributed by atoms with Gasteiger partial charge in [0.2, 0.25) is 0 Å². The van der Waals surface area contributed by atoms with Gasteiger partial charge in [0.15, 0.2) is 0 Å². The van der Waals surface area contributed by atoms with Gasteiger partial charge in [-0.3, -0.25) is 4.79 Å². The lowest BCUT2D eigenvalue weighted by Gasteiger charge is -2.10. The van der Waals surface area contributed by atoms with Crippen LogP contribution in [-0.4, -0.2) is 10.9 Å². The number of aromatic nitrogens is 1. The lowest BCUT2D eigenvalue weighted by Crippen LogP contribution is -2.26. The van der Waals surface area contributed by atoms with E-state index in [1.807, 2.05) is 19.1 Å². The SMILES string of the molecule is CC(NC(=O)c1cscn1)c1ccc(Cl)s1. The first kappa shape index (κ1) is 11.6. The molecule has 3 nitrogen and oxygen atoms in total. The van der Waals surface area contributed by atoms with Crippen LogP contribution in [0.4, 0.5) is 0 Å². The number of rotatable bonds is 3. The maximum absolute atomic E-state index is 11.7. The lowest BCUT2D eigenvalue weighted by atomic mass is 10.2. The van der Waals surface area contributed by atoms with Crippen molar-refractivity contribution in [1.82, 2.24) is 10.3 Å². The van der Waals surface area contributed by atoms with Crippen LogP contribution in [0.15, 0.2) is 23.0 Å². The van der Waals surface area contributed by atoms with Gasteiger partial charge in [-0.05, 0) is 19.1 Å². The van der Waals surface area contributed by atoms with Crippen LogP contribution < -0.4 is 5.32 Å². The third kappa shape index (κ3) is 2.61. The fourth-order valence-corrected chi connectivity index (χ4v) is 2.82. The summed E-state index contributed by atoms with van der Waals surface area (Å²) < 4.78 is 0.727. The molecule has 2 heterocycles. The Morgan fingerprint density at radius 2 is 2.38 bits per heavy atom. The van der Waals surface area contributed by atoms with Crippen molar-refractivity contribution in [2.24, 2.45) is 0 Å². The molecule has 2 aromatic rings. The third-order valence-electron chi connectivity index (χ3n) is 2.03. The minimum atomic E-state index is -0.154. The molecular weight excluding hydrogens is 264 g/mol. The molecule has 1 unspecified atom stereocenters. The van der Waals surface area contributed by atoms with Crippen LogP contribution in [0.5, 0.6) is 0 Å². The highest BCUT2D eigenvalue weighted by Crippen LogP contribution is 2.26. The molecule has 0 saturated carbocycles. The highest BCUT2D eigenvalue weighted by molar-refractivity contribution is 7.16. The van der Waals surface area contributed by atoms with Crippen molar-refractivity contribution >= 4 is 40.2 Å². The Labute approximate surface area is 106 Å². The molecule has 0 bridgehead atoms. The van der Waals surface area contributed by atoms with Gasteiger partial charge in [-0.1, -0.05) is 11.6 Å². The first-order valence-electron chi connectivity index (χ1n) is 4.61. The topological polar surface area (TPSA) is 42.0 Å². The number of hydrogen-bond donors (Lipinski definition) is 1. The fraction of sp³-hybridized carbons (Fsp3) is 0.200. The summed E-state index contributed by atoms with van der Waals surface area (Å²) in [6.45, 7) is 1.92. The van der Waals surface area contributed by atoms with E-state index in [0.29, 0.717) is 5.69 Å². The van der Waals surface area contributed by atoms with Crippen LogP contribution in [0.2, 0.25) is 4.34 Å². The summed E-state index contributed by atoms with van der Waals surface area (Å²) in [5, 5.41) is 4.59. The molecule has 0 radical (unpaired) electrons. The zero-order valence-electron chi connectivity index (χ0n) is 8.44. The Hall–Kier alpha value is -0.910. The van der Waals surface area contributed by atoms with Gasteiger partial charge in [0.25, 0.3) is 5.91 Å². The van der Waals surface area contributed by atoms with Gasteiger partial charge >= 0.3 is 0 Å². The molecule has 2 aromatic heterocycles. The lowest BCUT2D eigenvalue weighted by molar-refractivity contribution is 0.0936. The quantitative estimate of drug-likeness (QED) is 0.931. The Bertz CT molecular complexity index is 481. The highest BCUT2D eigenvalue weighted by Gasteiger charge is 2.14. The monoisotopic (exact) mass is 272 g/mol. The Morgan fingerprint density at radius 1 is 1.56 bits per heavy atom. The Morgan fingerprint density at radius 3 is 2.94 bits per heavy atom. The molecule has 0 aliphatic rings. The maximum Gasteiger partial charge on any atom is 0.271 e. The molecule has 84 valence electrons. The Balaban J connectivity index is 2.03. The van der Waals surface area contributed by atoms with Gasteiger partial charge in [-0.25, -0.2) is 4.98 Å². The van der Waals surface area contributed by atoms with Crippen LogP contribution in [0.1, 0.15) is 28.3 Å². The van der Waals surface area contributed by atoms with E-state index in [9.17, 15) is 4.79 Å². The van der Waals surface area contributed by atoms with Crippen molar-refractivity contribution in [2.75, 3.05) is 0 Å². The fourth-order valence-electron chi connectivity index (χ4n) is 1.23. The number of hydrogen-bond acceptors (Lipinski definition) is 4. The smallest absolute Gasteiger partial charge is 0.271 e. The number of thiophene rings is 1. The summed E-state index contributed by atoms with van der Waals surface area (Å²) >= 11 is 8.71. The number of nitrogens with one attached hydrogen (secondary N) is 1. The second-order valence-corrected chi connectivity index (χ2v) is 5.68. The molecule has 1 N–H and O–H groups in total. The molecule has 16 heavy (non-hydrogen) atoms. The van der Waals surface area contributed by atoms with Crippen molar-refractivity contribution in [1.29, 1.82) is 0 Å². The van der Waals surface area contributed by atoms with Crippen LogP contribution in [-0.2, 0) is 0 Å². The standard InChI is InChI=1S/C10H9ClN2OS2/c1-6(8-2-3-9(11)16-8)13-10(14)7-4-15-5-12-7/h2-6H,1H3,(H,13,14). The summed E-state index contributed by atoms with van der Waals surface area (Å²) in [7, 11) is 0. The van der Waals surface area contributed by atoms with Gasteiger partial charge in [0, 0.05) is 10.3 Å². The van der Waals surface area contributed by atoms with E-state index in [1.165, 1.54) is 22.7 Å². The van der Waals surface area contributed by atoms with E-state index in [-0.39, 0.29) is 11.9 Å². The van der Waals surface area contributed by atoms with Gasteiger partial charge in [0.1, 0.15) is 5.69 Å². The predicted octanol–water partition coefficient (Wildman–Crippen LogP) is 3.35. The van der Waals surface area contributed by atoms with Crippen molar-refractivity contribution < 1.29 is 4.79 Å². The van der Waals surface area contributed by atoms with E-state index < -0.39 is 0 Å². The molecular formula is C10H9ClN2OS2. The third-order valence-corrected chi connectivity index (χ3v) is 4.03. The van der Waals surface area contributed by atoms with Crippen molar-refractivity contribution in [3.63, 3.8) is 0 Å². The number of amides is 1. The number of halogens is 1. The van der Waals surface area contributed by atoms with E-state index in [1.54, 1.807) is 10.9 Å². The molecule has 2 rings (SSSR count). The number of thiazole rings is 1. The summed E-state index contributed by atoms with van der Waals surface area (Å²) in [6.07, 6.45) is 0. The van der Waals surface area contributed by atoms with Crippen molar-refractivity contribution in [2.45, 2.75) is 13.0 Å². The van der Waals surface area contributed by atoms with E-state index >= 15 is 0 Å².